The van der Waals surface area contributed by atoms with E-state index in [1.165, 1.54) is 0 Å². The van der Waals surface area contributed by atoms with Gasteiger partial charge in [-0.3, -0.25) is 0 Å². The zero-order valence-electron chi connectivity index (χ0n) is 14.2. The molecule has 3 nitrogen and oxygen atoms in total. The Bertz CT molecular complexity index is 697. The van der Waals surface area contributed by atoms with E-state index in [4.69, 9.17) is 0 Å². The normalized spacial score (nSPS) is 11.0. The van der Waals surface area contributed by atoms with E-state index in [0.29, 0.717) is 0 Å². The minimum absolute atomic E-state index is 0.220. The molecule has 3 heteroatoms. The van der Waals surface area contributed by atoms with Crippen molar-refractivity contribution in [3.8, 4) is 0 Å². The lowest BCUT2D eigenvalue weighted by Gasteiger charge is -2.27. The van der Waals surface area contributed by atoms with Crippen molar-refractivity contribution in [1.29, 1.82) is 0 Å². The first-order valence-electron chi connectivity index (χ1n) is 7.70. The molecule has 2 aromatic carbocycles. The van der Waals surface area contributed by atoms with Crippen molar-refractivity contribution in [1.82, 2.24) is 5.32 Å². The molecule has 0 saturated carbocycles. The van der Waals surface area contributed by atoms with Crippen molar-refractivity contribution < 1.29 is 4.79 Å². The SMILES string of the molecule is C=C(C)c1ccc(C(C)(C)NC(=O)Nc2ccc(C)cc2)cc1. The van der Waals surface area contributed by atoms with Crippen LogP contribution in [-0.4, -0.2) is 6.03 Å². The standard InChI is InChI=1S/C20H24N2O/c1-14(2)16-8-10-17(11-9-16)20(4,5)22-19(23)21-18-12-6-15(3)7-13-18/h6-13H,1H2,2-5H3,(H2,21,22,23). The van der Waals surface area contributed by atoms with Gasteiger partial charge in [0.05, 0.1) is 5.54 Å². The van der Waals surface area contributed by atoms with E-state index in [1.54, 1.807) is 0 Å². The molecule has 0 spiro atoms. The Balaban J connectivity index is 2.05. The van der Waals surface area contributed by atoms with Crippen LogP contribution in [0, 0.1) is 6.92 Å². The summed E-state index contributed by atoms with van der Waals surface area (Å²) in [5.41, 5.74) is 4.65. The number of carbonyl (C=O) groups excluding carboxylic acids is 1. The Hall–Kier alpha value is -2.55. The molecule has 0 heterocycles. The molecule has 0 fully saturated rings. The number of carbonyl (C=O) groups is 1. The van der Waals surface area contributed by atoms with Crippen LogP contribution in [0.25, 0.3) is 5.57 Å². The molecule has 2 aromatic rings. The highest BCUT2D eigenvalue weighted by Crippen LogP contribution is 2.22. The number of allylic oxidation sites excluding steroid dienone is 1. The molecule has 0 unspecified atom stereocenters. The minimum Gasteiger partial charge on any atom is -0.329 e. The van der Waals surface area contributed by atoms with Crippen molar-refractivity contribution in [2.75, 3.05) is 5.32 Å². The molecule has 0 aliphatic rings. The van der Waals surface area contributed by atoms with Gasteiger partial charge in [-0.2, -0.15) is 0 Å². The van der Waals surface area contributed by atoms with Crippen molar-refractivity contribution in [2.45, 2.75) is 33.2 Å². The highest BCUT2D eigenvalue weighted by atomic mass is 16.2. The first-order valence-corrected chi connectivity index (χ1v) is 7.70. The molecule has 23 heavy (non-hydrogen) atoms. The zero-order chi connectivity index (χ0) is 17.0. The number of hydrogen-bond acceptors (Lipinski definition) is 1. The number of nitrogens with one attached hydrogen (secondary N) is 2. The largest absolute Gasteiger partial charge is 0.329 e. The van der Waals surface area contributed by atoms with Gasteiger partial charge in [0.25, 0.3) is 0 Å². The van der Waals surface area contributed by atoms with Crippen molar-refractivity contribution in [2.24, 2.45) is 0 Å². The molecular formula is C20H24N2O. The molecule has 0 atom stereocenters. The summed E-state index contributed by atoms with van der Waals surface area (Å²) in [7, 11) is 0. The summed E-state index contributed by atoms with van der Waals surface area (Å²) in [5.74, 6) is 0. The maximum Gasteiger partial charge on any atom is 0.319 e. The number of amides is 2. The van der Waals surface area contributed by atoms with Crippen molar-refractivity contribution in [3.63, 3.8) is 0 Å². The van der Waals surface area contributed by atoms with E-state index in [9.17, 15) is 4.79 Å². The second-order valence-corrected chi connectivity index (χ2v) is 6.43. The van der Waals surface area contributed by atoms with E-state index >= 15 is 0 Å². The van der Waals surface area contributed by atoms with Gasteiger partial charge in [0.15, 0.2) is 0 Å². The summed E-state index contributed by atoms with van der Waals surface area (Å²) in [6.45, 7) is 11.9. The first kappa shape index (κ1) is 16.8. The molecule has 0 saturated heterocycles. The molecule has 0 bridgehead atoms. The smallest absolute Gasteiger partial charge is 0.319 e. The number of aryl methyl sites for hydroxylation is 1. The molecule has 2 amide bonds. The van der Waals surface area contributed by atoms with Crippen LogP contribution in [0.2, 0.25) is 0 Å². The quantitative estimate of drug-likeness (QED) is 0.812. The minimum atomic E-state index is -0.470. The predicted molar refractivity (Wildman–Crippen MR) is 97.5 cm³/mol. The fourth-order valence-corrected chi connectivity index (χ4v) is 2.33. The van der Waals surface area contributed by atoms with Gasteiger partial charge in [0, 0.05) is 5.69 Å². The summed E-state index contributed by atoms with van der Waals surface area (Å²) in [4.78, 5) is 12.2. The summed E-state index contributed by atoms with van der Waals surface area (Å²) < 4.78 is 0. The van der Waals surface area contributed by atoms with Crippen LogP contribution in [-0.2, 0) is 5.54 Å². The second-order valence-electron chi connectivity index (χ2n) is 6.43. The number of urea groups is 1. The second kappa shape index (κ2) is 6.69. The number of anilines is 1. The Labute approximate surface area is 138 Å². The Morgan fingerprint density at radius 2 is 1.57 bits per heavy atom. The summed E-state index contributed by atoms with van der Waals surface area (Å²) >= 11 is 0. The van der Waals surface area contributed by atoms with Gasteiger partial charge in [0.2, 0.25) is 0 Å². The number of benzene rings is 2. The molecule has 2 rings (SSSR count). The van der Waals surface area contributed by atoms with Crippen LogP contribution in [0.3, 0.4) is 0 Å². The molecular weight excluding hydrogens is 284 g/mol. The lowest BCUT2D eigenvalue weighted by molar-refractivity contribution is 0.242. The third-order valence-electron chi connectivity index (χ3n) is 3.83. The van der Waals surface area contributed by atoms with Gasteiger partial charge in [0.1, 0.15) is 0 Å². The third-order valence-corrected chi connectivity index (χ3v) is 3.83. The average molecular weight is 308 g/mol. The van der Waals surface area contributed by atoms with E-state index in [-0.39, 0.29) is 6.03 Å². The highest BCUT2D eigenvalue weighted by molar-refractivity contribution is 5.89. The fourth-order valence-electron chi connectivity index (χ4n) is 2.33. The molecule has 120 valence electrons. The molecule has 0 aliphatic heterocycles. The first-order chi connectivity index (χ1) is 10.8. The maximum absolute atomic E-state index is 12.2. The van der Waals surface area contributed by atoms with Crippen LogP contribution in [0.1, 0.15) is 37.5 Å². The Morgan fingerprint density at radius 3 is 2.09 bits per heavy atom. The van der Waals surface area contributed by atoms with Gasteiger partial charge in [-0.25, -0.2) is 4.79 Å². The van der Waals surface area contributed by atoms with Crippen molar-refractivity contribution >= 4 is 17.3 Å². The monoisotopic (exact) mass is 308 g/mol. The van der Waals surface area contributed by atoms with Crippen LogP contribution >= 0.6 is 0 Å². The van der Waals surface area contributed by atoms with E-state index in [0.717, 1.165) is 28.0 Å². The Kier molecular flexibility index (Phi) is 4.89. The molecule has 0 radical (unpaired) electrons. The van der Waals surface area contributed by atoms with Gasteiger partial charge in [-0.1, -0.05) is 54.1 Å². The zero-order valence-corrected chi connectivity index (χ0v) is 14.2. The van der Waals surface area contributed by atoms with Gasteiger partial charge in [-0.05, 0) is 51.0 Å². The van der Waals surface area contributed by atoms with Gasteiger partial charge < -0.3 is 10.6 Å². The van der Waals surface area contributed by atoms with Gasteiger partial charge >= 0.3 is 6.03 Å². The van der Waals surface area contributed by atoms with Crippen LogP contribution in [0.15, 0.2) is 55.1 Å². The van der Waals surface area contributed by atoms with Crippen LogP contribution in [0.4, 0.5) is 10.5 Å². The van der Waals surface area contributed by atoms with E-state index in [2.05, 4.69) is 17.2 Å². The molecule has 0 aliphatic carbocycles. The topological polar surface area (TPSA) is 41.1 Å². The van der Waals surface area contributed by atoms with Crippen LogP contribution in [0.5, 0.6) is 0 Å². The summed E-state index contributed by atoms with van der Waals surface area (Å²) in [6.07, 6.45) is 0. The van der Waals surface area contributed by atoms with Crippen LogP contribution < -0.4 is 10.6 Å². The van der Waals surface area contributed by atoms with E-state index in [1.807, 2.05) is 76.2 Å². The summed E-state index contributed by atoms with van der Waals surface area (Å²) in [6, 6.07) is 15.6. The number of hydrogen-bond donors (Lipinski definition) is 2. The average Bonchev–Trinajstić information content (AvgIpc) is 2.49. The lowest BCUT2D eigenvalue weighted by atomic mass is 9.93. The third kappa shape index (κ3) is 4.46. The highest BCUT2D eigenvalue weighted by Gasteiger charge is 2.22. The maximum atomic E-state index is 12.2. The Morgan fingerprint density at radius 1 is 1.00 bits per heavy atom. The molecule has 0 aromatic heterocycles. The number of rotatable bonds is 4. The predicted octanol–water partition coefficient (Wildman–Crippen LogP) is 5.08. The van der Waals surface area contributed by atoms with Gasteiger partial charge in [-0.15, -0.1) is 0 Å². The lowest BCUT2D eigenvalue weighted by Crippen LogP contribution is -2.43. The summed E-state index contributed by atoms with van der Waals surface area (Å²) in [5, 5.41) is 5.87. The van der Waals surface area contributed by atoms with Crippen molar-refractivity contribution in [3.05, 3.63) is 71.8 Å². The van der Waals surface area contributed by atoms with E-state index < -0.39 is 5.54 Å². The fraction of sp³-hybridized carbons (Fsp3) is 0.250. The molecule has 2 N–H and O–H groups in total.